The molecule has 0 aromatic rings. The Kier molecular flexibility index (Phi) is 5.54. The smallest absolute Gasteiger partial charge is 0.224 e. The fraction of sp³-hybridized carbons (Fsp3) is 0.929. The van der Waals surface area contributed by atoms with Crippen LogP contribution in [0, 0.1) is 0 Å². The molecule has 2 fully saturated rings. The molecule has 0 aromatic heterocycles. The van der Waals surface area contributed by atoms with Gasteiger partial charge in [-0.3, -0.25) is 9.69 Å². The third kappa shape index (κ3) is 4.10. The number of amides is 1. The average molecular weight is 285 g/mol. The van der Waals surface area contributed by atoms with E-state index in [-0.39, 0.29) is 6.04 Å². The van der Waals surface area contributed by atoms with Gasteiger partial charge in [0.05, 0.1) is 0 Å². The summed E-state index contributed by atoms with van der Waals surface area (Å²) < 4.78 is 0. The number of thioether (sulfide) groups is 1. The van der Waals surface area contributed by atoms with E-state index in [9.17, 15) is 4.79 Å². The number of rotatable bonds is 4. The van der Waals surface area contributed by atoms with Crippen LogP contribution < -0.4 is 5.73 Å². The SMILES string of the molecule is CC1CN(C(CN)CC(=O)N2CCCC2)CC(C)S1. The molecule has 2 saturated heterocycles. The zero-order valence-corrected chi connectivity index (χ0v) is 13.0. The maximum absolute atomic E-state index is 12.3. The number of carbonyl (C=O) groups excluding carboxylic acids is 1. The van der Waals surface area contributed by atoms with Crippen LogP contribution in [0.1, 0.15) is 33.1 Å². The van der Waals surface area contributed by atoms with Crippen LogP contribution in [0.3, 0.4) is 0 Å². The summed E-state index contributed by atoms with van der Waals surface area (Å²) in [5.74, 6) is 0.298. The van der Waals surface area contributed by atoms with Gasteiger partial charge in [0, 0.05) is 55.7 Å². The zero-order chi connectivity index (χ0) is 13.8. The zero-order valence-electron chi connectivity index (χ0n) is 12.2. The van der Waals surface area contributed by atoms with E-state index in [1.165, 1.54) is 0 Å². The van der Waals surface area contributed by atoms with Gasteiger partial charge in [-0.1, -0.05) is 13.8 Å². The number of hydrogen-bond acceptors (Lipinski definition) is 4. The fourth-order valence-corrected chi connectivity index (χ4v) is 4.52. The number of nitrogens with zero attached hydrogens (tertiary/aromatic N) is 2. The van der Waals surface area contributed by atoms with Gasteiger partial charge < -0.3 is 10.6 Å². The Hall–Kier alpha value is -0.260. The van der Waals surface area contributed by atoms with Crippen molar-refractivity contribution in [1.82, 2.24) is 9.80 Å². The highest BCUT2D eigenvalue weighted by atomic mass is 32.2. The molecule has 0 saturated carbocycles. The molecule has 2 heterocycles. The van der Waals surface area contributed by atoms with Crippen molar-refractivity contribution >= 4 is 17.7 Å². The molecule has 2 aliphatic heterocycles. The lowest BCUT2D eigenvalue weighted by molar-refractivity contribution is -0.131. The van der Waals surface area contributed by atoms with E-state index in [0.717, 1.165) is 39.0 Å². The summed E-state index contributed by atoms with van der Waals surface area (Å²) in [5, 5.41) is 1.28. The number of likely N-dealkylation sites (tertiary alicyclic amines) is 1. The van der Waals surface area contributed by atoms with Crippen LogP contribution in [-0.2, 0) is 4.79 Å². The largest absolute Gasteiger partial charge is 0.343 e. The average Bonchev–Trinajstić information content (AvgIpc) is 2.88. The van der Waals surface area contributed by atoms with Crippen molar-refractivity contribution in [3.63, 3.8) is 0 Å². The van der Waals surface area contributed by atoms with Gasteiger partial charge in [-0.05, 0) is 12.8 Å². The Morgan fingerprint density at radius 1 is 1.26 bits per heavy atom. The van der Waals surface area contributed by atoms with Gasteiger partial charge in [0.25, 0.3) is 0 Å². The molecule has 3 atom stereocenters. The highest BCUT2D eigenvalue weighted by Gasteiger charge is 2.30. The van der Waals surface area contributed by atoms with E-state index in [1.807, 2.05) is 16.7 Å². The predicted octanol–water partition coefficient (Wildman–Crippen LogP) is 1.15. The molecule has 2 N–H and O–H groups in total. The number of carbonyl (C=O) groups is 1. The lowest BCUT2D eigenvalue weighted by atomic mass is 10.1. The summed E-state index contributed by atoms with van der Waals surface area (Å²) in [7, 11) is 0. The van der Waals surface area contributed by atoms with Gasteiger partial charge in [-0.15, -0.1) is 0 Å². The maximum atomic E-state index is 12.3. The van der Waals surface area contributed by atoms with Gasteiger partial charge in [-0.2, -0.15) is 11.8 Å². The summed E-state index contributed by atoms with van der Waals surface area (Å²) in [4.78, 5) is 16.7. The van der Waals surface area contributed by atoms with E-state index >= 15 is 0 Å². The lowest BCUT2D eigenvalue weighted by Gasteiger charge is -2.39. The lowest BCUT2D eigenvalue weighted by Crippen LogP contribution is -2.51. The van der Waals surface area contributed by atoms with Crippen LogP contribution in [0.4, 0.5) is 0 Å². The Morgan fingerprint density at radius 3 is 2.37 bits per heavy atom. The molecule has 2 rings (SSSR count). The molecule has 0 spiro atoms. The highest BCUT2D eigenvalue weighted by molar-refractivity contribution is 8.00. The summed E-state index contributed by atoms with van der Waals surface area (Å²) in [6.07, 6.45) is 2.92. The quantitative estimate of drug-likeness (QED) is 0.842. The first-order chi connectivity index (χ1) is 9.10. The minimum atomic E-state index is 0.221. The Labute approximate surface area is 121 Å². The first-order valence-electron chi connectivity index (χ1n) is 7.47. The van der Waals surface area contributed by atoms with Crippen molar-refractivity contribution in [1.29, 1.82) is 0 Å². The van der Waals surface area contributed by atoms with E-state index < -0.39 is 0 Å². The first-order valence-corrected chi connectivity index (χ1v) is 8.41. The minimum absolute atomic E-state index is 0.221. The van der Waals surface area contributed by atoms with Crippen molar-refractivity contribution in [3.05, 3.63) is 0 Å². The highest BCUT2D eigenvalue weighted by Crippen LogP contribution is 2.26. The molecule has 0 aromatic carbocycles. The van der Waals surface area contributed by atoms with E-state index in [2.05, 4.69) is 18.7 Å². The van der Waals surface area contributed by atoms with Crippen LogP contribution in [0.25, 0.3) is 0 Å². The molecule has 0 aliphatic carbocycles. The monoisotopic (exact) mass is 285 g/mol. The Balaban J connectivity index is 1.89. The van der Waals surface area contributed by atoms with Crippen LogP contribution in [0.2, 0.25) is 0 Å². The summed E-state index contributed by atoms with van der Waals surface area (Å²) in [5.41, 5.74) is 5.92. The van der Waals surface area contributed by atoms with Gasteiger partial charge in [-0.25, -0.2) is 0 Å². The third-order valence-electron chi connectivity index (χ3n) is 4.11. The first kappa shape index (κ1) is 15.1. The Bertz CT molecular complexity index is 297. The predicted molar refractivity (Wildman–Crippen MR) is 81.4 cm³/mol. The molecule has 110 valence electrons. The molecular weight excluding hydrogens is 258 g/mol. The molecule has 19 heavy (non-hydrogen) atoms. The maximum Gasteiger partial charge on any atom is 0.224 e. The second kappa shape index (κ2) is 6.95. The van der Waals surface area contributed by atoms with Crippen molar-refractivity contribution in [2.45, 2.75) is 49.7 Å². The Morgan fingerprint density at radius 2 is 1.84 bits per heavy atom. The normalized spacial score (nSPS) is 30.6. The van der Waals surface area contributed by atoms with Crippen molar-refractivity contribution in [3.8, 4) is 0 Å². The molecule has 1 amide bonds. The molecular formula is C14H27N3OS. The molecule has 3 unspecified atom stereocenters. The van der Waals surface area contributed by atoms with E-state index in [0.29, 0.717) is 29.4 Å². The van der Waals surface area contributed by atoms with Crippen molar-refractivity contribution < 1.29 is 4.79 Å². The van der Waals surface area contributed by atoms with Crippen molar-refractivity contribution in [2.24, 2.45) is 5.73 Å². The second-order valence-electron chi connectivity index (χ2n) is 5.89. The summed E-state index contributed by atoms with van der Waals surface area (Å²) >= 11 is 2.04. The van der Waals surface area contributed by atoms with Crippen LogP contribution in [0.15, 0.2) is 0 Å². The van der Waals surface area contributed by atoms with E-state index in [1.54, 1.807) is 0 Å². The fourth-order valence-electron chi connectivity index (χ4n) is 3.17. The van der Waals surface area contributed by atoms with Gasteiger partial charge >= 0.3 is 0 Å². The molecule has 2 aliphatic rings. The number of hydrogen-bond donors (Lipinski definition) is 1. The van der Waals surface area contributed by atoms with Gasteiger partial charge in [0.1, 0.15) is 0 Å². The topological polar surface area (TPSA) is 49.6 Å². The second-order valence-corrected chi connectivity index (χ2v) is 7.77. The van der Waals surface area contributed by atoms with Gasteiger partial charge in [0.2, 0.25) is 5.91 Å². The van der Waals surface area contributed by atoms with Crippen LogP contribution in [0.5, 0.6) is 0 Å². The van der Waals surface area contributed by atoms with Crippen LogP contribution in [-0.4, -0.2) is 65.0 Å². The minimum Gasteiger partial charge on any atom is -0.343 e. The molecule has 4 nitrogen and oxygen atoms in total. The summed E-state index contributed by atoms with van der Waals surface area (Å²) in [6.45, 7) is 9.13. The van der Waals surface area contributed by atoms with Crippen molar-refractivity contribution in [2.75, 3.05) is 32.7 Å². The number of nitrogens with two attached hydrogens (primary N) is 1. The molecule has 5 heteroatoms. The van der Waals surface area contributed by atoms with Crippen LogP contribution >= 0.6 is 11.8 Å². The third-order valence-corrected chi connectivity index (χ3v) is 5.33. The standard InChI is InChI=1S/C14H27N3OS/c1-11-9-17(10-12(2)19-11)13(8-15)7-14(18)16-5-3-4-6-16/h11-13H,3-10,15H2,1-2H3. The van der Waals surface area contributed by atoms with Gasteiger partial charge in [0.15, 0.2) is 0 Å². The van der Waals surface area contributed by atoms with E-state index in [4.69, 9.17) is 5.73 Å². The molecule has 0 radical (unpaired) electrons. The summed E-state index contributed by atoms with van der Waals surface area (Å²) in [6, 6.07) is 0.221. The molecule has 0 bridgehead atoms.